The first-order valence-electron chi connectivity index (χ1n) is 8.92. The van der Waals surface area contributed by atoms with Gasteiger partial charge >= 0.3 is 0 Å². The van der Waals surface area contributed by atoms with Crippen molar-refractivity contribution >= 4 is 0 Å². The van der Waals surface area contributed by atoms with E-state index in [4.69, 9.17) is 14.2 Å². The van der Waals surface area contributed by atoms with Crippen LogP contribution in [0.15, 0.2) is 0 Å². The van der Waals surface area contributed by atoms with Gasteiger partial charge in [0.25, 0.3) is 0 Å². The first-order valence-corrected chi connectivity index (χ1v) is 8.92. The van der Waals surface area contributed by atoms with Gasteiger partial charge < -0.3 is 14.2 Å². The minimum Gasteiger partial charge on any atom is -0.381 e. The highest BCUT2D eigenvalue weighted by atomic mass is 16.7. The quantitative estimate of drug-likeness (QED) is 0.285. The molecule has 0 N–H and O–H groups in total. The summed E-state index contributed by atoms with van der Waals surface area (Å²) in [4.78, 5) is 0. The van der Waals surface area contributed by atoms with Crippen molar-refractivity contribution in [3.05, 3.63) is 0 Å². The lowest BCUT2D eigenvalue weighted by Crippen LogP contribution is -2.32. The SMILES string of the molecule is CCCCCCCCOCCCCCC(CC)(OC)OC. The summed E-state index contributed by atoms with van der Waals surface area (Å²) < 4.78 is 16.7. The molecule has 3 nitrogen and oxygen atoms in total. The van der Waals surface area contributed by atoms with Crippen molar-refractivity contribution in [3.8, 4) is 0 Å². The molecule has 0 aliphatic heterocycles. The van der Waals surface area contributed by atoms with E-state index in [0.29, 0.717) is 0 Å². The summed E-state index contributed by atoms with van der Waals surface area (Å²) in [7, 11) is 3.47. The zero-order valence-electron chi connectivity index (χ0n) is 14.9. The van der Waals surface area contributed by atoms with E-state index in [2.05, 4.69) is 13.8 Å². The second-order valence-electron chi connectivity index (χ2n) is 5.86. The molecule has 0 fully saturated rings. The summed E-state index contributed by atoms with van der Waals surface area (Å²) in [6, 6.07) is 0. The van der Waals surface area contributed by atoms with Crippen molar-refractivity contribution in [3.63, 3.8) is 0 Å². The van der Waals surface area contributed by atoms with E-state index in [0.717, 1.165) is 38.9 Å². The lowest BCUT2D eigenvalue weighted by molar-refractivity contribution is -0.212. The fourth-order valence-corrected chi connectivity index (χ4v) is 2.61. The molecule has 128 valence electrons. The standard InChI is InChI=1S/C18H38O3/c1-5-7-8-9-10-13-16-21-17-14-11-12-15-18(6-2,19-3)20-4/h5-17H2,1-4H3. The molecule has 0 spiro atoms. The fourth-order valence-electron chi connectivity index (χ4n) is 2.61. The summed E-state index contributed by atoms with van der Waals surface area (Å²) in [5, 5.41) is 0. The highest BCUT2D eigenvalue weighted by molar-refractivity contribution is 4.66. The maximum absolute atomic E-state index is 5.69. The largest absolute Gasteiger partial charge is 0.381 e. The highest BCUT2D eigenvalue weighted by Gasteiger charge is 2.25. The van der Waals surface area contributed by atoms with E-state index in [1.54, 1.807) is 14.2 Å². The van der Waals surface area contributed by atoms with Crippen LogP contribution < -0.4 is 0 Å². The van der Waals surface area contributed by atoms with Crippen molar-refractivity contribution in [2.24, 2.45) is 0 Å². The van der Waals surface area contributed by atoms with Crippen LogP contribution in [-0.4, -0.2) is 33.2 Å². The topological polar surface area (TPSA) is 27.7 Å². The van der Waals surface area contributed by atoms with Crippen LogP contribution in [0.3, 0.4) is 0 Å². The predicted molar refractivity (Wildman–Crippen MR) is 89.7 cm³/mol. The number of unbranched alkanes of at least 4 members (excludes halogenated alkanes) is 7. The monoisotopic (exact) mass is 302 g/mol. The number of ether oxygens (including phenoxy) is 3. The van der Waals surface area contributed by atoms with Crippen LogP contribution in [0.2, 0.25) is 0 Å². The van der Waals surface area contributed by atoms with Gasteiger partial charge in [-0.2, -0.15) is 0 Å². The molecule has 0 aromatic carbocycles. The Kier molecular flexibility index (Phi) is 14.7. The van der Waals surface area contributed by atoms with Crippen LogP contribution >= 0.6 is 0 Å². The lowest BCUT2D eigenvalue weighted by atomic mass is 10.0. The van der Waals surface area contributed by atoms with Crippen LogP contribution in [0.4, 0.5) is 0 Å². The number of hydrogen-bond donors (Lipinski definition) is 0. The van der Waals surface area contributed by atoms with Crippen LogP contribution in [0.25, 0.3) is 0 Å². The Morgan fingerprint density at radius 3 is 1.71 bits per heavy atom. The Hall–Kier alpha value is -0.120. The second kappa shape index (κ2) is 14.8. The van der Waals surface area contributed by atoms with Crippen LogP contribution in [0.5, 0.6) is 0 Å². The van der Waals surface area contributed by atoms with Crippen LogP contribution in [0, 0.1) is 0 Å². The Balaban J connectivity index is 3.29. The molecule has 0 unspecified atom stereocenters. The molecule has 3 heteroatoms. The maximum atomic E-state index is 5.69. The van der Waals surface area contributed by atoms with E-state index < -0.39 is 0 Å². The summed E-state index contributed by atoms with van der Waals surface area (Å²) in [5.41, 5.74) is 0. The van der Waals surface area contributed by atoms with E-state index in [1.165, 1.54) is 44.9 Å². The molecule has 0 aliphatic carbocycles. The average Bonchev–Trinajstić information content (AvgIpc) is 2.53. The van der Waals surface area contributed by atoms with E-state index >= 15 is 0 Å². The Bertz CT molecular complexity index is 194. The van der Waals surface area contributed by atoms with Gasteiger partial charge in [0.2, 0.25) is 0 Å². The average molecular weight is 302 g/mol. The molecule has 0 bridgehead atoms. The van der Waals surface area contributed by atoms with Gasteiger partial charge in [-0.25, -0.2) is 0 Å². The van der Waals surface area contributed by atoms with Crippen molar-refractivity contribution < 1.29 is 14.2 Å². The van der Waals surface area contributed by atoms with Crippen molar-refractivity contribution in [1.29, 1.82) is 0 Å². The fraction of sp³-hybridized carbons (Fsp3) is 1.00. The van der Waals surface area contributed by atoms with Gasteiger partial charge in [0.15, 0.2) is 5.79 Å². The van der Waals surface area contributed by atoms with E-state index in [9.17, 15) is 0 Å². The Morgan fingerprint density at radius 2 is 1.19 bits per heavy atom. The third kappa shape index (κ3) is 11.1. The molecule has 0 amide bonds. The molecule has 0 aromatic rings. The molecule has 21 heavy (non-hydrogen) atoms. The van der Waals surface area contributed by atoms with E-state index in [1.807, 2.05) is 0 Å². The summed E-state index contributed by atoms with van der Waals surface area (Å²) in [5.74, 6) is -0.376. The zero-order valence-corrected chi connectivity index (χ0v) is 14.9. The summed E-state index contributed by atoms with van der Waals surface area (Å²) in [6.07, 6.45) is 13.3. The minimum atomic E-state index is -0.376. The molecular weight excluding hydrogens is 264 g/mol. The Morgan fingerprint density at radius 1 is 0.667 bits per heavy atom. The van der Waals surface area contributed by atoms with Gasteiger partial charge in [-0.05, 0) is 25.7 Å². The third-order valence-electron chi connectivity index (χ3n) is 4.27. The smallest absolute Gasteiger partial charge is 0.167 e. The minimum absolute atomic E-state index is 0.376. The normalized spacial score (nSPS) is 12.0. The van der Waals surface area contributed by atoms with Crippen LogP contribution in [0.1, 0.15) is 84.5 Å². The van der Waals surface area contributed by atoms with Gasteiger partial charge in [0, 0.05) is 33.9 Å². The molecule has 0 rings (SSSR count). The van der Waals surface area contributed by atoms with Gasteiger partial charge in [-0.15, -0.1) is 0 Å². The molecule has 0 atom stereocenters. The third-order valence-corrected chi connectivity index (χ3v) is 4.27. The van der Waals surface area contributed by atoms with Crippen molar-refractivity contribution in [1.82, 2.24) is 0 Å². The molecular formula is C18H38O3. The number of methoxy groups -OCH3 is 2. The first kappa shape index (κ1) is 20.9. The van der Waals surface area contributed by atoms with Gasteiger partial charge in [0.1, 0.15) is 0 Å². The summed E-state index contributed by atoms with van der Waals surface area (Å²) >= 11 is 0. The second-order valence-corrected chi connectivity index (χ2v) is 5.86. The van der Waals surface area contributed by atoms with Crippen molar-refractivity contribution in [2.45, 2.75) is 90.3 Å². The molecule has 0 saturated carbocycles. The number of rotatable bonds is 16. The highest BCUT2D eigenvalue weighted by Crippen LogP contribution is 2.23. The van der Waals surface area contributed by atoms with Crippen LogP contribution in [-0.2, 0) is 14.2 Å². The van der Waals surface area contributed by atoms with Gasteiger partial charge in [-0.3, -0.25) is 0 Å². The van der Waals surface area contributed by atoms with Gasteiger partial charge in [0.05, 0.1) is 0 Å². The molecule has 0 radical (unpaired) electrons. The van der Waals surface area contributed by atoms with Gasteiger partial charge in [-0.1, -0.05) is 52.4 Å². The molecule has 0 aliphatic rings. The maximum Gasteiger partial charge on any atom is 0.167 e. The molecule has 0 saturated heterocycles. The molecule has 0 heterocycles. The molecule has 0 aromatic heterocycles. The number of hydrogen-bond acceptors (Lipinski definition) is 3. The first-order chi connectivity index (χ1) is 10.2. The van der Waals surface area contributed by atoms with Crippen molar-refractivity contribution in [2.75, 3.05) is 27.4 Å². The van der Waals surface area contributed by atoms with E-state index in [-0.39, 0.29) is 5.79 Å². The lowest BCUT2D eigenvalue weighted by Gasteiger charge is -2.29. The zero-order chi connectivity index (χ0) is 15.8. The Labute approximate surface area is 132 Å². The predicted octanol–water partition coefficient (Wildman–Crippen LogP) is 5.32. The summed E-state index contributed by atoms with van der Waals surface area (Å²) in [6.45, 7) is 6.19.